The van der Waals surface area contributed by atoms with Crippen molar-refractivity contribution < 1.29 is 33.4 Å². The summed E-state index contributed by atoms with van der Waals surface area (Å²) in [5, 5.41) is 23.2. The van der Waals surface area contributed by atoms with Crippen LogP contribution in [0.25, 0.3) is 45.0 Å². The number of benzene rings is 6. The van der Waals surface area contributed by atoms with Crippen molar-refractivity contribution in [1.82, 2.24) is 20.4 Å². The molecule has 2 aromatic heterocycles. The van der Waals surface area contributed by atoms with Crippen molar-refractivity contribution in [3.05, 3.63) is 167 Å². The minimum atomic E-state index is -0.248. The van der Waals surface area contributed by atoms with Crippen LogP contribution >= 0.6 is 0 Å². The number of anilines is 4. The molecule has 8 aromatic rings. The zero-order chi connectivity index (χ0) is 46.8. The Bertz CT molecular complexity index is 3230. The summed E-state index contributed by atoms with van der Waals surface area (Å²) in [6, 6.07) is 39.7. The van der Waals surface area contributed by atoms with E-state index in [0.717, 1.165) is 33.6 Å². The topological polar surface area (TPSA) is 223 Å². The minimum Gasteiger partial charge on any atom is -0.497 e. The van der Waals surface area contributed by atoms with E-state index in [0.29, 0.717) is 79.1 Å². The number of nitrogens with zero attached hydrogens (tertiary/aromatic N) is 2. The Kier molecular flexibility index (Phi) is 11.7. The number of aromatic amines is 2. The summed E-state index contributed by atoms with van der Waals surface area (Å²) >= 11 is 0. The number of carbonyl (C=O) groups is 5. The average molecular weight is 891 g/mol. The molecule has 0 saturated carbocycles. The minimum absolute atomic E-state index is 0.127. The predicted octanol–water partition coefficient (Wildman–Crippen LogP) is 8.50. The Labute approximate surface area is 383 Å². The number of ketones is 2. The Hall–Kier alpha value is -9.11. The highest BCUT2D eigenvalue weighted by Crippen LogP contribution is 2.44. The second-order valence-electron chi connectivity index (χ2n) is 15.8. The Morgan fingerprint density at radius 1 is 0.537 bits per heavy atom. The van der Waals surface area contributed by atoms with Gasteiger partial charge in [0, 0.05) is 40.6 Å². The van der Waals surface area contributed by atoms with E-state index in [9.17, 15) is 24.0 Å². The van der Waals surface area contributed by atoms with Crippen molar-refractivity contribution in [1.29, 1.82) is 0 Å². The molecule has 67 heavy (non-hydrogen) atoms. The first-order chi connectivity index (χ1) is 32.5. The summed E-state index contributed by atoms with van der Waals surface area (Å²) in [5.74, 6) is 0.464. The number of methoxy groups -OCH3 is 2. The molecule has 0 atom stereocenters. The molecule has 2 aliphatic rings. The van der Waals surface area contributed by atoms with Gasteiger partial charge in [0.15, 0.2) is 11.6 Å². The van der Waals surface area contributed by atoms with Gasteiger partial charge in [0.2, 0.25) is 17.7 Å². The van der Waals surface area contributed by atoms with Crippen LogP contribution in [-0.4, -0.2) is 63.9 Å². The number of ether oxygens (including phenoxy) is 2. The van der Waals surface area contributed by atoms with Crippen molar-refractivity contribution in [2.24, 2.45) is 0 Å². The second kappa shape index (κ2) is 18.2. The number of aromatic nitrogens is 4. The fraction of sp³-hybridized carbons (Fsp3) is 0.0962. The van der Waals surface area contributed by atoms with E-state index in [1.165, 1.54) is 6.92 Å². The fourth-order valence-corrected chi connectivity index (χ4v) is 8.20. The van der Waals surface area contributed by atoms with Crippen molar-refractivity contribution in [3.63, 3.8) is 0 Å². The summed E-state index contributed by atoms with van der Waals surface area (Å²) in [4.78, 5) is 63.5. The van der Waals surface area contributed by atoms with Gasteiger partial charge < -0.3 is 31.2 Å². The van der Waals surface area contributed by atoms with E-state index >= 15 is 0 Å². The standard InChI is InChI=1S/C27H22N4O4.C25H20N4O3/c1-15(32)28-18-10-6-16(7-11-18)14-22(33)29-21-5-3-4-20-23(21)27(34)24-25(30-31-26(20)24)17-8-12-19(35-2)13-9-17;1-32-17-11-7-15(8-12-17)23-22-24(29-28-23)18-3-2-4-19(21(18)25(22)31)27-20(30)13-14-5-9-16(26)10-6-14/h3-13H,14H2,1-2H3,(H,28,32)(H,29,33)(H,30,31);2-12H,13,26H2,1H3,(H,27,30)(H,28,29). The first-order valence-corrected chi connectivity index (χ1v) is 21.1. The van der Waals surface area contributed by atoms with Gasteiger partial charge in [-0.05, 0) is 96.1 Å². The largest absolute Gasteiger partial charge is 0.497 e. The highest BCUT2D eigenvalue weighted by molar-refractivity contribution is 6.28. The first-order valence-electron chi connectivity index (χ1n) is 21.1. The van der Waals surface area contributed by atoms with Gasteiger partial charge in [0.1, 0.15) is 22.9 Å². The Balaban J connectivity index is 0.000000169. The van der Waals surface area contributed by atoms with Crippen molar-refractivity contribution in [3.8, 4) is 56.5 Å². The summed E-state index contributed by atoms with van der Waals surface area (Å²) in [7, 11) is 3.20. The Morgan fingerprint density at radius 3 is 1.36 bits per heavy atom. The molecule has 15 nitrogen and oxygen atoms in total. The monoisotopic (exact) mass is 890 g/mol. The maximum absolute atomic E-state index is 13.5. The van der Waals surface area contributed by atoms with Crippen LogP contribution in [0.3, 0.4) is 0 Å². The van der Waals surface area contributed by atoms with Gasteiger partial charge in [-0.3, -0.25) is 34.2 Å². The molecule has 0 fully saturated rings. The molecule has 0 bridgehead atoms. The predicted molar refractivity (Wildman–Crippen MR) is 255 cm³/mol. The van der Waals surface area contributed by atoms with Gasteiger partial charge in [0.25, 0.3) is 0 Å². The molecule has 10 rings (SSSR count). The van der Waals surface area contributed by atoms with Crippen LogP contribution in [0.1, 0.15) is 49.9 Å². The molecule has 0 saturated heterocycles. The number of carbonyl (C=O) groups excluding carboxylic acids is 5. The molecule has 0 radical (unpaired) electrons. The van der Waals surface area contributed by atoms with Crippen LogP contribution < -0.4 is 31.2 Å². The number of nitrogen functional groups attached to an aromatic ring is 1. The van der Waals surface area contributed by atoms with Crippen molar-refractivity contribution in [2.45, 2.75) is 19.8 Å². The molecule has 15 heteroatoms. The molecular formula is C52H42N8O7. The normalized spacial score (nSPS) is 11.6. The van der Waals surface area contributed by atoms with E-state index in [-0.39, 0.29) is 42.1 Å². The highest BCUT2D eigenvalue weighted by atomic mass is 16.5. The zero-order valence-electron chi connectivity index (χ0n) is 36.4. The third-order valence-corrected chi connectivity index (χ3v) is 11.4. The average Bonchev–Trinajstić information content (AvgIpc) is 4.10. The zero-order valence-corrected chi connectivity index (χ0v) is 36.4. The molecule has 3 amide bonds. The molecule has 0 spiro atoms. The second-order valence-corrected chi connectivity index (χ2v) is 15.8. The number of hydrogen-bond donors (Lipinski definition) is 6. The lowest BCUT2D eigenvalue weighted by Gasteiger charge is -2.10. The number of rotatable bonds is 11. The van der Waals surface area contributed by atoms with Crippen LogP contribution in [0.4, 0.5) is 22.7 Å². The van der Waals surface area contributed by atoms with Gasteiger partial charge in [-0.15, -0.1) is 0 Å². The lowest BCUT2D eigenvalue weighted by molar-refractivity contribution is -0.116. The summed E-state index contributed by atoms with van der Waals surface area (Å²) in [6.07, 6.45) is 0.310. The van der Waals surface area contributed by atoms with E-state index in [4.69, 9.17) is 15.2 Å². The Morgan fingerprint density at radius 2 is 0.955 bits per heavy atom. The number of fused-ring (bicyclic) bond motifs is 6. The van der Waals surface area contributed by atoms with Gasteiger partial charge >= 0.3 is 0 Å². The lowest BCUT2D eigenvalue weighted by Crippen LogP contribution is -2.16. The molecule has 2 heterocycles. The van der Waals surface area contributed by atoms with Crippen LogP contribution in [0.2, 0.25) is 0 Å². The van der Waals surface area contributed by atoms with Crippen molar-refractivity contribution in [2.75, 3.05) is 35.9 Å². The highest BCUT2D eigenvalue weighted by Gasteiger charge is 2.36. The van der Waals surface area contributed by atoms with Crippen molar-refractivity contribution >= 4 is 52.0 Å². The van der Waals surface area contributed by atoms with Crippen LogP contribution in [-0.2, 0) is 27.2 Å². The third-order valence-electron chi connectivity index (χ3n) is 11.4. The van der Waals surface area contributed by atoms with Gasteiger partial charge in [-0.1, -0.05) is 48.5 Å². The van der Waals surface area contributed by atoms with E-state index in [1.807, 2.05) is 78.9 Å². The lowest BCUT2D eigenvalue weighted by atomic mass is 10.0. The molecule has 0 aliphatic heterocycles. The molecule has 0 unspecified atom stereocenters. The summed E-state index contributed by atoms with van der Waals surface area (Å²) in [5.41, 5.74) is 16.9. The van der Waals surface area contributed by atoms with E-state index in [1.54, 1.807) is 68.8 Å². The number of H-pyrrole nitrogens is 2. The molecule has 332 valence electrons. The molecule has 6 aromatic carbocycles. The summed E-state index contributed by atoms with van der Waals surface area (Å²) < 4.78 is 10.4. The fourth-order valence-electron chi connectivity index (χ4n) is 8.20. The van der Waals surface area contributed by atoms with E-state index in [2.05, 4.69) is 36.3 Å². The van der Waals surface area contributed by atoms with Crippen LogP contribution in [0, 0.1) is 0 Å². The third kappa shape index (κ3) is 8.63. The number of hydrogen-bond acceptors (Lipinski definition) is 10. The number of nitrogens with two attached hydrogens (primary N) is 1. The maximum atomic E-state index is 13.5. The van der Waals surface area contributed by atoms with E-state index < -0.39 is 0 Å². The maximum Gasteiger partial charge on any atom is 0.228 e. The van der Waals surface area contributed by atoms with Gasteiger partial charge in [0.05, 0.1) is 72.1 Å². The first kappa shape index (κ1) is 43.2. The number of nitrogens with one attached hydrogen (secondary N) is 5. The molecular weight excluding hydrogens is 849 g/mol. The number of amides is 3. The van der Waals surface area contributed by atoms with Gasteiger partial charge in [-0.2, -0.15) is 10.2 Å². The molecule has 2 aliphatic carbocycles. The van der Waals surface area contributed by atoms with Crippen LogP contribution in [0.5, 0.6) is 11.5 Å². The van der Waals surface area contributed by atoms with Crippen LogP contribution in [0.15, 0.2) is 133 Å². The van der Waals surface area contributed by atoms with Gasteiger partial charge in [-0.25, -0.2) is 0 Å². The summed E-state index contributed by atoms with van der Waals surface area (Å²) in [6.45, 7) is 1.44. The molecule has 7 N–H and O–H groups in total. The quantitative estimate of drug-likeness (QED) is 0.0679. The smallest absolute Gasteiger partial charge is 0.228 e. The SMILES string of the molecule is COc1ccc(-c2n[nH]c3c2C(=O)c2c(NC(=O)Cc4ccc(N)cc4)cccc2-3)cc1.COc1ccc(-c2n[nH]c3c2C(=O)c2c(NC(=O)Cc4ccc(NC(C)=O)cc4)cccc2-3)cc1.